The molecule has 0 atom stereocenters. The van der Waals surface area contributed by atoms with E-state index in [-0.39, 0.29) is 6.61 Å². The zero-order chi connectivity index (χ0) is 21.3. The molecule has 1 heterocycles. The lowest BCUT2D eigenvalue weighted by atomic mass is 10.2. The first-order chi connectivity index (χ1) is 13.8. The highest BCUT2D eigenvalue weighted by molar-refractivity contribution is 5.79. The Morgan fingerprint density at radius 2 is 1.97 bits per heavy atom. The maximum Gasteiger partial charge on any atom is 0.411 e. The summed E-state index contributed by atoms with van der Waals surface area (Å²) in [6.07, 6.45) is -3.84. The minimum absolute atomic E-state index is 0.0344. The number of rotatable bonds is 9. The average Bonchev–Trinajstić information content (AvgIpc) is 2.99. The number of guanidine groups is 1. The summed E-state index contributed by atoms with van der Waals surface area (Å²) in [5.74, 6) is 0.603. The van der Waals surface area contributed by atoms with Gasteiger partial charge in [0.05, 0.1) is 17.9 Å². The van der Waals surface area contributed by atoms with Gasteiger partial charge in [-0.1, -0.05) is 18.2 Å². The number of hydrogen-bond acceptors (Lipinski definition) is 3. The lowest BCUT2D eigenvalue weighted by Gasteiger charge is -2.13. The Hall–Kier alpha value is -2.55. The molecule has 6 nitrogen and oxygen atoms in total. The van der Waals surface area contributed by atoms with E-state index in [1.807, 2.05) is 55.8 Å². The van der Waals surface area contributed by atoms with Crippen molar-refractivity contribution in [2.45, 2.75) is 39.9 Å². The van der Waals surface area contributed by atoms with E-state index in [0.29, 0.717) is 32.0 Å². The largest absolute Gasteiger partial charge is 0.411 e. The van der Waals surface area contributed by atoms with E-state index in [9.17, 15) is 13.2 Å². The van der Waals surface area contributed by atoms with Crippen molar-refractivity contribution >= 4 is 5.96 Å². The molecule has 0 aliphatic carbocycles. The maximum atomic E-state index is 12.1. The Balaban J connectivity index is 1.96. The number of nitrogens with one attached hydrogen (secondary N) is 2. The van der Waals surface area contributed by atoms with Crippen LogP contribution in [-0.2, 0) is 11.3 Å². The van der Waals surface area contributed by atoms with Crippen LogP contribution < -0.4 is 10.6 Å². The summed E-state index contributed by atoms with van der Waals surface area (Å²) < 4.78 is 42.7. The molecule has 0 aliphatic rings. The lowest BCUT2D eigenvalue weighted by Crippen LogP contribution is -2.38. The van der Waals surface area contributed by atoms with Gasteiger partial charge < -0.3 is 15.4 Å². The van der Waals surface area contributed by atoms with Crippen LogP contribution in [0.2, 0.25) is 0 Å². The number of aromatic nitrogens is 2. The second-order valence-electron chi connectivity index (χ2n) is 6.61. The number of aliphatic imine (C=N–C) groups is 1. The molecule has 0 saturated heterocycles. The molecule has 0 spiro atoms. The molecular weight excluding hydrogens is 383 g/mol. The van der Waals surface area contributed by atoms with Crippen LogP contribution in [0.4, 0.5) is 13.2 Å². The Bertz CT molecular complexity index is 802. The Kier molecular flexibility index (Phi) is 8.50. The van der Waals surface area contributed by atoms with Crippen molar-refractivity contribution in [3.63, 3.8) is 0 Å². The fourth-order valence-corrected chi connectivity index (χ4v) is 2.80. The third-order valence-electron chi connectivity index (χ3n) is 4.00. The molecule has 0 fully saturated rings. The van der Waals surface area contributed by atoms with Crippen molar-refractivity contribution in [1.29, 1.82) is 0 Å². The zero-order valence-electron chi connectivity index (χ0n) is 17.0. The van der Waals surface area contributed by atoms with E-state index in [2.05, 4.69) is 25.5 Å². The number of hydrogen-bond donors (Lipinski definition) is 2. The monoisotopic (exact) mass is 411 g/mol. The summed E-state index contributed by atoms with van der Waals surface area (Å²) in [6, 6.07) is 9.95. The maximum absolute atomic E-state index is 12.1. The highest BCUT2D eigenvalue weighted by Gasteiger charge is 2.27. The first-order valence-corrected chi connectivity index (χ1v) is 9.58. The molecule has 2 N–H and O–H groups in total. The van der Waals surface area contributed by atoms with E-state index in [1.54, 1.807) is 0 Å². The van der Waals surface area contributed by atoms with Gasteiger partial charge in [0.2, 0.25) is 0 Å². The quantitative estimate of drug-likeness (QED) is 0.377. The average molecular weight is 411 g/mol. The molecule has 9 heteroatoms. The number of alkyl halides is 3. The fraction of sp³-hybridized carbons (Fsp3) is 0.500. The summed E-state index contributed by atoms with van der Waals surface area (Å²) in [4.78, 5) is 4.60. The van der Waals surface area contributed by atoms with E-state index in [4.69, 9.17) is 0 Å². The van der Waals surface area contributed by atoms with Crippen LogP contribution in [0, 0.1) is 13.8 Å². The van der Waals surface area contributed by atoms with E-state index in [1.165, 1.54) is 0 Å². The SMILES string of the molecule is CCNC(=NCc1ccccc1-n1nc(C)cc1C)NCCCOCC(F)(F)F. The summed E-state index contributed by atoms with van der Waals surface area (Å²) in [5, 5.41) is 10.8. The van der Waals surface area contributed by atoms with Crippen molar-refractivity contribution in [3.8, 4) is 5.69 Å². The smallest absolute Gasteiger partial charge is 0.372 e. The summed E-state index contributed by atoms with van der Waals surface area (Å²) in [5.41, 5.74) is 3.98. The van der Waals surface area contributed by atoms with Crippen molar-refractivity contribution in [2.24, 2.45) is 4.99 Å². The normalized spacial score (nSPS) is 12.3. The number of ether oxygens (including phenoxy) is 1. The summed E-state index contributed by atoms with van der Waals surface area (Å²) in [7, 11) is 0. The molecule has 0 unspecified atom stereocenters. The third kappa shape index (κ3) is 7.77. The van der Waals surface area contributed by atoms with Crippen LogP contribution >= 0.6 is 0 Å². The Morgan fingerprint density at radius 1 is 1.21 bits per heavy atom. The first-order valence-electron chi connectivity index (χ1n) is 9.58. The van der Waals surface area contributed by atoms with Gasteiger partial charge in [-0.15, -0.1) is 0 Å². The van der Waals surface area contributed by atoms with Gasteiger partial charge in [-0.2, -0.15) is 18.3 Å². The molecule has 2 rings (SSSR count). The molecule has 0 radical (unpaired) electrons. The molecule has 0 amide bonds. The van der Waals surface area contributed by atoms with Crippen molar-refractivity contribution < 1.29 is 17.9 Å². The molecule has 0 saturated carbocycles. The predicted octanol–water partition coefficient (Wildman–Crippen LogP) is 3.51. The van der Waals surface area contributed by atoms with Gasteiger partial charge in [0, 0.05) is 25.4 Å². The van der Waals surface area contributed by atoms with Crippen LogP contribution in [0.3, 0.4) is 0 Å². The minimum Gasteiger partial charge on any atom is -0.372 e. The van der Waals surface area contributed by atoms with Gasteiger partial charge in [-0.05, 0) is 44.9 Å². The number of nitrogens with zero attached hydrogens (tertiary/aromatic N) is 3. The van der Waals surface area contributed by atoms with Crippen molar-refractivity contribution in [1.82, 2.24) is 20.4 Å². The third-order valence-corrected chi connectivity index (χ3v) is 4.00. The molecule has 0 aliphatic heterocycles. The van der Waals surface area contributed by atoms with Crippen LogP contribution in [0.15, 0.2) is 35.3 Å². The number of halogens is 3. The number of para-hydroxylation sites is 1. The van der Waals surface area contributed by atoms with Gasteiger partial charge >= 0.3 is 6.18 Å². The van der Waals surface area contributed by atoms with E-state index in [0.717, 1.165) is 22.6 Å². The highest BCUT2D eigenvalue weighted by Crippen LogP contribution is 2.18. The molecule has 0 bridgehead atoms. The van der Waals surface area contributed by atoms with Gasteiger partial charge in [0.1, 0.15) is 6.61 Å². The van der Waals surface area contributed by atoms with Crippen LogP contribution in [0.25, 0.3) is 5.69 Å². The van der Waals surface area contributed by atoms with Gasteiger partial charge in [-0.3, -0.25) is 0 Å². The zero-order valence-corrected chi connectivity index (χ0v) is 17.0. The van der Waals surface area contributed by atoms with Crippen LogP contribution in [-0.4, -0.2) is 48.2 Å². The molecular formula is C20H28F3N5O. The number of aryl methyl sites for hydroxylation is 2. The van der Waals surface area contributed by atoms with Crippen molar-refractivity contribution in [3.05, 3.63) is 47.3 Å². The first kappa shape index (κ1) is 22.7. The fourth-order valence-electron chi connectivity index (χ4n) is 2.80. The van der Waals surface area contributed by atoms with Crippen molar-refractivity contribution in [2.75, 3.05) is 26.3 Å². The molecule has 160 valence electrons. The predicted molar refractivity (Wildman–Crippen MR) is 107 cm³/mol. The highest BCUT2D eigenvalue weighted by atomic mass is 19.4. The van der Waals surface area contributed by atoms with E-state index < -0.39 is 12.8 Å². The van der Waals surface area contributed by atoms with Gasteiger partial charge in [0.25, 0.3) is 0 Å². The molecule has 2 aromatic rings. The number of benzene rings is 1. The van der Waals surface area contributed by atoms with E-state index >= 15 is 0 Å². The Labute approximate surface area is 169 Å². The molecule has 29 heavy (non-hydrogen) atoms. The molecule has 1 aromatic carbocycles. The lowest BCUT2D eigenvalue weighted by molar-refractivity contribution is -0.173. The summed E-state index contributed by atoms with van der Waals surface area (Å²) >= 11 is 0. The molecule has 1 aromatic heterocycles. The second-order valence-corrected chi connectivity index (χ2v) is 6.61. The summed E-state index contributed by atoms with van der Waals surface area (Å²) in [6.45, 7) is 6.31. The van der Waals surface area contributed by atoms with Crippen LogP contribution in [0.1, 0.15) is 30.3 Å². The Morgan fingerprint density at radius 3 is 2.62 bits per heavy atom. The van der Waals surface area contributed by atoms with Gasteiger partial charge in [-0.25, -0.2) is 9.67 Å². The standard InChI is InChI=1S/C20H28F3N5O/c1-4-24-19(25-10-7-11-29-14-20(21,22)23)26-13-17-8-5-6-9-18(17)28-16(3)12-15(2)27-28/h5-6,8-9,12H,4,7,10-11,13-14H2,1-3H3,(H2,24,25,26). The topological polar surface area (TPSA) is 63.5 Å². The van der Waals surface area contributed by atoms with Crippen LogP contribution in [0.5, 0.6) is 0 Å². The second kappa shape index (κ2) is 10.8. The minimum atomic E-state index is -4.29. The van der Waals surface area contributed by atoms with Gasteiger partial charge in [0.15, 0.2) is 5.96 Å².